The number of ether oxygens (including phenoxy) is 1. The van der Waals surface area contributed by atoms with Gasteiger partial charge in [0.2, 0.25) is 10.0 Å². The molecule has 2 heterocycles. The van der Waals surface area contributed by atoms with E-state index in [0.29, 0.717) is 24.9 Å². The minimum atomic E-state index is -3.04. The normalized spacial score (nSPS) is 24.0. The maximum absolute atomic E-state index is 11.5. The maximum Gasteiger partial charge on any atom is 0.211 e. The monoisotopic (exact) mass is 474 g/mol. The van der Waals surface area contributed by atoms with Crippen LogP contribution in [-0.2, 0) is 14.8 Å². The van der Waals surface area contributed by atoms with Crippen LogP contribution in [0.3, 0.4) is 0 Å². The topological polar surface area (TPSA) is 74.2 Å². The summed E-state index contributed by atoms with van der Waals surface area (Å²) in [5, 5.41) is 3.46. The molecule has 0 aromatic carbocycles. The van der Waals surface area contributed by atoms with Gasteiger partial charge in [0.25, 0.3) is 0 Å². The third kappa shape index (κ3) is 6.30. The van der Waals surface area contributed by atoms with Gasteiger partial charge in [-0.05, 0) is 25.2 Å². The Morgan fingerprint density at radius 2 is 1.83 bits per heavy atom. The molecule has 24 heavy (non-hydrogen) atoms. The summed E-state index contributed by atoms with van der Waals surface area (Å²) in [4.78, 5) is 6.67. The van der Waals surface area contributed by atoms with E-state index in [1.807, 2.05) is 7.05 Å². The van der Waals surface area contributed by atoms with Gasteiger partial charge < -0.3 is 15.0 Å². The molecule has 1 N–H and O–H groups in total. The number of sulfonamides is 1. The second-order valence-electron chi connectivity index (χ2n) is 6.59. The fraction of sp³-hybridized carbons (Fsp3) is 0.933. The summed E-state index contributed by atoms with van der Waals surface area (Å²) < 4.78 is 29.9. The summed E-state index contributed by atoms with van der Waals surface area (Å²) in [5.74, 6) is 2.04. The standard InChI is InChI=1S/C15H30N4O3S.HI/c1-16-15(18-7-4-14(11-18)12-22-2)17-10-13-5-8-19(9-6-13)23(3,20)21;/h13-14H,4-12H2,1-3H3,(H,16,17);1H. The molecule has 2 saturated heterocycles. The first-order valence-electron chi connectivity index (χ1n) is 8.33. The van der Waals surface area contributed by atoms with Crippen LogP contribution in [0.2, 0.25) is 0 Å². The van der Waals surface area contributed by atoms with E-state index >= 15 is 0 Å². The highest BCUT2D eigenvalue weighted by atomic mass is 127. The number of guanidine groups is 1. The van der Waals surface area contributed by atoms with E-state index < -0.39 is 10.0 Å². The Kier molecular flexibility index (Phi) is 9.24. The van der Waals surface area contributed by atoms with Gasteiger partial charge in [-0.2, -0.15) is 0 Å². The SMILES string of the molecule is CN=C(NCC1CCN(S(C)(=O)=O)CC1)N1CCC(COC)C1.I. The van der Waals surface area contributed by atoms with E-state index in [1.54, 1.807) is 11.4 Å². The van der Waals surface area contributed by atoms with E-state index in [2.05, 4.69) is 15.2 Å². The molecule has 142 valence electrons. The summed E-state index contributed by atoms with van der Waals surface area (Å²) in [5.41, 5.74) is 0. The molecule has 0 aliphatic carbocycles. The van der Waals surface area contributed by atoms with Crippen LogP contribution in [0.15, 0.2) is 4.99 Å². The number of piperidine rings is 1. The third-order valence-corrected chi connectivity index (χ3v) is 6.09. The minimum Gasteiger partial charge on any atom is -0.384 e. The van der Waals surface area contributed by atoms with Gasteiger partial charge in [0, 0.05) is 52.8 Å². The molecule has 9 heteroatoms. The van der Waals surface area contributed by atoms with Crippen LogP contribution >= 0.6 is 24.0 Å². The predicted molar refractivity (Wildman–Crippen MR) is 107 cm³/mol. The van der Waals surface area contributed by atoms with Gasteiger partial charge in [-0.3, -0.25) is 4.99 Å². The minimum absolute atomic E-state index is 0. The largest absolute Gasteiger partial charge is 0.384 e. The Morgan fingerprint density at radius 1 is 1.21 bits per heavy atom. The van der Waals surface area contributed by atoms with Crippen molar-refractivity contribution in [1.29, 1.82) is 0 Å². The Bertz CT molecular complexity index is 507. The Hall–Kier alpha value is -0.130. The Balaban J connectivity index is 0.00000288. The Labute approximate surface area is 163 Å². The second kappa shape index (κ2) is 10.1. The molecule has 0 bridgehead atoms. The first-order valence-corrected chi connectivity index (χ1v) is 10.2. The van der Waals surface area contributed by atoms with Crippen LogP contribution in [0.1, 0.15) is 19.3 Å². The van der Waals surface area contributed by atoms with Crippen molar-refractivity contribution in [3.8, 4) is 0 Å². The number of hydrogen-bond acceptors (Lipinski definition) is 4. The van der Waals surface area contributed by atoms with Crippen molar-refractivity contribution in [2.75, 3.05) is 59.7 Å². The van der Waals surface area contributed by atoms with Gasteiger partial charge in [-0.1, -0.05) is 0 Å². The smallest absolute Gasteiger partial charge is 0.211 e. The Morgan fingerprint density at radius 3 is 2.38 bits per heavy atom. The molecular weight excluding hydrogens is 443 g/mol. The van der Waals surface area contributed by atoms with E-state index in [0.717, 1.165) is 51.5 Å². The van der Waals surface area contributed by atoms with Crippen molar-refractivity contribution in [2.24, 2.45) is 16.8 Å². The zero-order valence-corrected chi connectivity index (χ0v) is 18.0. The van der Waals surface area contributed by atoms with Crippen LogP contribution in [-0.4, -0.2) is 83.3 Å². The lowest BCUT2D eigenvalue weighted by Crippen LogP contribution is -2.45. The molecule has 2 fully saturated rings. The summed E-state index contributed by atoms with van der Waals surface area (Å²) in [7, 11) is 0.525. The number of likely N-dealkylation sites (tertiary alicyclic amines) is 1. The molecule has 2 aliphatic rings. The van der Waals surface area contributed by atoms with Crippen molar-refractivity contribution >= 4 is 40.0 Å². The van der Waals surface area contributed by atoms with Gasteiger partial charge in [0.1, 0.15) is 0 Å². The summed E-state index contributed by atoms with van der Waals surface area (Å²) in [6.07, 6.45) is 4.24. The number of nitrogens with zero attached hydrogens (tertiary/aromatic N) is 3. The van der Waals surface area contributed by atoms with Crippen molar-refractivity contribution in [3.63, 3.8) is 0 Å². The molecule has 2 rings (SSSR count). The number of nitrogens with one attached hydrogen (secondary N) is 1. The fourth-order valence-electron chi connectivity index (χ4n) is 3.41. The highest BCUT2D eigenvalue weighted by Gasteiger charge is 2.27. The summed E-state index contributed by atoms with van der Waals surface area (Å²) in [6, 6.07) is 0. The zero-order chi connectivity index (χ0) is 16.9. The number of halogens is 1. The van der Waals surface area contributed by atoms with Crippen molar-refractivity contribution in [3.05, 3.63) is 0 Å². The van der Waals surface area contributed by atoms with Crippen LogP contribution in [0, 0.1) is 11.8 Å². The summed E-state index contributed by atoms with van der Waals surface area (Å²) in [6.45, 7) is 4.92. The van der Waals surface area contributed by atoms with Gasteiger partial charge in [-0.15, -0.1) is 24.0 Å². The molecule has 0 radical (unpaired) electrons. The molecule has 1 unspecified atom stereocenters. The van der Waals surface area contributed by atoms with E-state index in [4.69, 9.17) is 4.74 Å². The lowest BCUT2D eigenvalue weighted by atomic mass is 9.98. The molecular formula is C15H31IN4O3S. The molecule has 0 aromatic rings. The van der Waals surface area contributed by atoms with Crippen LogP contribution in [0.5, 0.6) is 0 Å². The van der Waals surface area contributed by atoms with Gasteiger partial charge in [0.15, 0.2) is 5.96 Å². The third-order valence-electron chi connectivity index (χ3n) is 4.79. The van der Waals surface area contributed by atoms with Crippen LogP contribution < -0.4 is 5.32 Å². The average molecular weight is 474 g/mol. The van der Waals surface area contributed by atoms with Crippen molar-refractivity contribution < 1.29 is 13.2 Å². The average Bonchev–Trinajstić information content (AvgIpc) is 2.96. The number of methoxy groups -OCH3 is 1. The second-order valence-corrected chi connectivity index (χ2v) is 8.57. The fourth-order valence-corrected chi connectivity index (χ4v) is 4.28. The quantitative estimate of drug-likeness (QED) is 0.363. The number of hydrogen-bond donors (Lipinski definition) is 1. The van der Waals surface area contributed by atoms with Crippen molar-refractivity contribution in [2.45, 2.75) is 19.3 Å². The lowest BCUT2D eigenvalue weighted by Gasteiger charge is -2.31. The summed E-state index contributed by atoms with van der Waals surface area (Å²) >= 11 is 0. The van der Waals surface area contributed by atoms with Gasteiger partial charge >= 0.3 is 0 Å². The van der Waals surface area contributed by atoms with E-state index in [9.17, 15) is 8.42 Å². The predicted octanol–water partition coefficient (Wildman–Crippen LogP) is 0.820. The highest BCUT2D eigenvalue weighted by Crippen LogP contribution is 2.19. The molecule has 7 nitrogen and oxygen atoms in total. The first kappa shape index (κ1) is 21.9. The van der Waals surface area contributed by atoms with Crippen LogP contribution in [0.4, 0.5) is 0 Å². The van der Waals surface area contributed by atoms with Crippen molar-refractivity contribution in [1.82, 2.24) is 14.5 Å². The van der Waals surface area contributed by atoms with E-state index in [-0.39, 0.29) is 24.0 Å². The zero-order valence-electron chi connectivity index (χ0n) is 14.9. The number of rotatable bonds is 5. The van der Waals surface area contributed by atoms with E-state index in [1.165, 1.54) is 6.26 Å². The molecule has 0 spiro atoms. The maximum atomic E-state index is 11.5. The lowest BCUT2D eigenvalue weighted by molar-refractivity contribution is 0.157. The molecule has 0 saturated carbocycles. The molecule has 2 aliphatic heterocycles. The number of aliphatic imine (C=N–C) groups is 1. The molecule has 1 atom stereocenters. The molecule has 0 amide bonds. The van der Waals surface area contributed by atoms with Crippen LogP contribution in [0.25, 0.3) is 0 Å². The van der Waals surface area contributed by atoms with Gasteiger partial charge in [-0.25, -0.2) is 12.7 Å². The van der Waals surface area contributed by atoms with Gasteiger partial charge in [0.05, 0.1) is 12.9 Å². The highest BCUT2D eigenvalue weighted by molar-refractivity contribution is 14.0. The molecule has 0 aromatic heterocycles. The first-order chi connectivity index (χ1) is 10.9.